The Morgan fingerprint density at radius 2 is 1.94 bits per heavy atom. The third kappa shape index (κ3) is 4.32. The van der Waals surface area contributed by atoms with Crippen LogP contribution in [0.4, 0.5) is 5.69 Å². The molecule has 0 radical (unpaired) electrons. The number of ether oxygens (including phenoxy) is 1. The molecule has 0 saturated carbocycles. The molecular weight excluding hydrogens is 398 g/mol. The zero-order valence-corrected chi connectivity index (χ0v) is 16.9. The number of nitrogens with one attached hydrogen (secondary N) is 2. The van der Waals surface area contributed by atoms with E-state index in [-0.39, 0.29) is 30.7 Å². The summed E-state index contributed by atoms with van der Waals surface area (Å²) < 4.78 is 5.11. The average molecular weight is 419 g/mol. The summed E-state index contributed by atoms with van der Waals surface area (Å²) in [7, 11) is 1.59. The van der Waals surface area contributed by atoms with Crippen LogP contribution < -0.4 is 15.4 Å². The van der Waals surface area contributed by atoms with E-state index in [0.717, 1.165) is 16.9 Å². The molecule has 2 aliphatic rings. The third-order valence-electron chi connectivity index (χ3n) is 5.33. The van der Waals surface area contributed by atoms with Gasteiger partial charge >= 0.3 is 0 Å². The molecule has 1 fully saturated rings. The second-order valence-corrected chi connectivity index (χ2v) is 7.37. The Morgan fingerprint density at radius 3 is 2.65 bits per heavy atom. The molecule has 0 spiro atoms. The van der Waals surface area contributed by atoms with Crippen molar-refractivity contribution in [2.45, 2.75) is 25.4 Å². The Kier molecular flexibility index (Phi) is 5.53. The van der Waals surface area contributed by atoms with Gasteiger partial charge in [0, 0.05) is 30.3 Å². The molecule has 8 heteroatoms. The van der Waals surface area contributed by atoms with Gasteiger partial charge < -0.3 is 15.0 Å². The van der Waals surface area contributed by atoms with E-state index in [2.05, 4.69) is 10.6 Å². The molecule has 1 atom stereocenters. The van der Waals surface area contributed by atoms with Gasteiger partial charge in [-0.05, 0) is 54.0 Å². The first kappa shape index (κ1) is 20.3. The van der Waals surface area contributed by atoms with Crippen LogP contribution in [-0.2, 0) is 20.9 Å². The molecule has 31 heavy (non-hydrogen) atoms. The number of benzene rings is 2. The maximum Gasteiger partial charge on any atom is 0.255 e. The maximum absolute atomic E-state index is 12.7. The van der Waals surface area contributed by atoms with Crippen LogP contribution in [-0.4, -0.2) is 41.7 Å². The van der Waals surface area contributed by atoms with Crippen molar-refractivity contribution < 1.29 is 23.9 Å². The molecule has 2 N–H and O–H groups in total. The molecule has 1 saturated heterocycles. The first-order chi connectivity index (χ1) is 14.9. The molecule has 0 aromatic heterocycles. The highest BCUT2D eigenvalue weighted by atomic mass is 16.5. The van der Waals surface area contributed by atoms with Crippen molar-refractivity contribution in [3.05, 3.63) is 65.2 Å². The van der Waals surface area contributed by atoms with E-state index in [1.807, 2.05) is 24.3 Å². The summed E-state index contributed by atoms with van der Waals surface area (Å²) in [6.07, 6.45) is 3.63. The lowest BCUT2D eigenvalue weighted by Gasteiger charge is -2.29. The fourth-order valence-electron chi connectivity index (χ4n) is 3.72. The summed E-state index contributed by atoms with van der Waals surface area (Å²) in [5, 5.41) is 5.07. The lowest BCUT2D eigenvalue weighted by Crippen LogP contribution is -2.52. The quantitative estimate of drug-likeness (QED) is 0.571. The van der Waals surface area contributed by atoms with E-state index < -0.39 is 11.9 Å². The first-order valence-corrected chi connectivity index (χ1v) is 9.85. The predicted octanol–water partition coefficient (Wildman–Crippen LogP) is 2.11. The first-order valence-electron chi connectivity index (χ1n) is 9.85. The zero-order chi connectivity index (χ0) is 22.0. The smallest absolute Gasteiger partial charge is 0.255 e. The SMILES string of the molecule is COc1ccc(/C=C/C(=O)Nc2ccc3c(c2)CN(C2CCC(=O)NC2=O)C3=O)cc1. The monoisotopic (exact) mass is 419 g/mol. The minimum absolute atomic E-state index is 0.207. The second-order valence-electron chi connectivity index (χ2n) is 7.37. The number of hydrogen-bond acceptors (Lipinski definition) is 5. The Bertz CT molecular complexity index is 1090. The van der Waals surface area contributed by atoms with Gasteiger partial charge in [-0.1, -0.05) is 12.1 Å². The van der Waals surface area contributed by atoms with E-state index in [1.54, 1.807) is 31.4 Å². The number of imide groups is 1. The summed E-state index contributed by atoms with van der Waals surface area (Å²) in [5.74, 6) is -0.586. The van der Waals surface area contributed by atoms with Crippen molar-refractivity contribution in [2.24, 2.45) is 0 Å². The standard InChI is InChI=1S/C23H21N3O5/c1-31-17-6-2-14(3-7-17)4-10-20(27)24-16-5-8-18-15(12-16)13-26(23(18)30)19-9-11-21(28)25-22(19)29/h2-8,10,12,19H,9,11,13H2,1H3,(H,24,27)(H,25,28,29)/b10-4+. The van der Waals surface area contributed by atoms with Gasteiger partial charge in [0.05, 0.1) is 7.11 Å². The van der Waals surface area contributed by atoms with Crippen LogP contribution in [0.3, 0.4) is 0 Å². The largest absolute Gasteiger partial charge is 0.497 e. The minimum atomic E-state index is -0.664. The maximum atomic E-state index is 12.7. The van der Waals surface area contributed by atoms with Gasteiger partial charge in [-0.2, -0.15) is 0 Å². The van der Waals surface area contributed by atoms with Crippen molar-refractivity contribution in [3.8, 4) is 5.75 Å². The summed E-state index contributed by atoms with van der Waals surface area (Å²) in [6, 6.07) is 11.7. The van der Waals surface area contributed by atoms with Gasteiger partial charge in [0.25, 0.3) is 5.91 Å². The molecular formula is C23H21N3O5. The Hall–Kier alpha value is -3.94. The number of carbonyl (C=O) groups excluding carboxylic acids is 4. The molecule has 2 aromatic rings. The number of nitrogens with zero attached hydrogens (tertiary/aromatic N) is 1. The molecule has 2 aromatic carbocycles. The van der Waals surface area contributed by atoms with Crippen LogP contribution in [0.2, 0.25) is 0 Å². The minimum Gasteiger partial charge on any atom is -0.497 e. The van der Waals surface area contributed by atoms with Crippen LogP contribution in [0, 0.1) is 0 Å². The van der Waals surface area contributed by atoms with Gasteiger partial charge in [-0.15, -0.1) is 0 Å². The van der Waals surface area contributed by atoms with Gasteiger partial charge in [0.1, 0.15) is 11.8 Å². The molecule has 2 aliphatic heterocycles. The highest BCUT2D eigenvalue weighted by Crippen LogP contribution is 2.29. The molecule has 0 aliphatic carbocycles. The number of carbonyl (C=O) groups is 4. The van der Waals surface area contributed by atoms with Gasteiger partial charge in [0.2, 0.25) is 17.7 Å². The summed E-state index contributed by atoms with van der Waals surface area (Å²) in [5.41, 5.74) is 2.64. The zero-order valence-electron chi connectivity index (χ0n) is 16.9. The van der Waals surface area contributed by atoms with Crippen LogP contribution in [0.1, 0.15) is 34.3 Å². The van der Waals surface area contributed by atoms with Gasteiger partial charge in [0.15, 0.2) is 0 Å². The average Bonchev–Trinajstić information content (AvgIpc) is 3.08. The van der Waals surface area contributed by atoms with E-state index in [4.69, 9.17) is 4.74 Å². The van der Waals surface area contributed by atoms with Crippen LogP contribution >= 0.6 is 0 Å². The normalized spacial score (nSPS) is 18.2. The van der Waals surface area contributed by atoms with Gasteiger partial charge in [-0.25, -0.2) is 0 Å². The molecule has 4 amide bonds. The lowest BCUT2D eigenvalue weighted by molar-refractivity contribution is -0.136. The van der Waals surface area contributed by atoms with Crippen molar-refractivity contribution in [1.29, 1.82) is 0 Å². The number of methoxy groups -OCH3 is 1. The molecule has 4 rings (SSSR count). The number of rotatable bonds is 5. The Labute approximate surface area is 178 Å². The molecule has 8 nitrogen and oxygen atoms in total. The van der Waals surface area contributed by atoms with Crippen molar-refractivity contribution in [2.75, 3.05) is 12.4 Å². The highest BCUT2D eigenvalue weighted by molar-refractivity contribution is 6.06. The van der Waals surface area contributed by atoms with Crippen LogP contribution in [0.25, 0.3) is 6.08 Å². The second kappa shape index (κ2) is 8.43. The van der Waals surface area contributed by atoms with E-state index in [0.29, 0.717) is 17.7 Å². The van der Waals surface area contributed by atoms with E-state index >= 15 is 0 Å². The predicted molar refractivity (Wildman–Crippen MR) is 113 cm³/mol. The van der Waals surface area contributed by atoms with Crippen LogP contribution in [0.15, 0.2) is 48.5 Å². The van der Waals surface area contributed by atoms with E-state index in [9.17, 15) is 19.2 Å². The fourth-order valence-corrected chi connectivity index (χ4v) is 3.72. The van der Waals surface area contributed by atoms with Crippen LogP contribution in [0.5, 0.6) is 5.75 Å². The summed E-state index contributed by atoms with van der Waals surface area (Å²) in [6.45, 7) is 0.256. The Balaban J connectivity index is 1.42. The third-order valence-corrected chi connectivity index (χ3v) is 5.33. The van der Waals surface area contributed by atoms with Crippen molar-refractivity contribution in [3.63, 3.8) is 0 Å². The topological polar surface area (TPSA) is 105 Å². The highest BCUT2D eigenvalue weighted by Gasteiger charge is 2.39. The fraction of sp³-hybridized carbons (Fsp3) is 0.217. The summed E-state index contributed by atoms with van der Waals surface area (Å²) in [4.78, 5) is 50.0. The number of fused-ring (bicyclic) bond motifs is 1. The number of hydrogen-bond donors (Lipinski definition) is 2. The van der Waals surface area contributed by atoms with Crippen molar-refractivity contribution in [1.82, 2.24) is 10.2 Å². The molecule has 0 bridgehead atoms. The summed E-state index contributed by atoms with van der Waals surface area (Å²) >= 11 is 0. The molecule has 2 heterocycles. The number of amides is 4. The Morgan fingerprint density at radius 1 is 1.16 bits per heavy atom. The van der Waals surface area contributed by atoms with E-state index in [1.165, 1.54) is 11.0 Å². The number of piperidine rings is 1. The molecule has 1 unspecified atom stereocenters. The molecule has 158 valence electrons. The number of anilines is 1. The van der Waals surface area contributed by atoms with Gasteiger partial charge in [-0.3, -0.25) is 24.5 Å². The lowest BCUT2D eigenvalue weighted by atomic mass is 10.0. The van der Waals surface area contributed by atoms with Crippen molar-refractivity contribution >= 4 is 35.4 Å².